The molecule has 1 amide bonds. The lowest BCUT2D eigenvalue weighted by Crippen LogP contribution is -2.54. The molecule has 2 fully saturated rings. The number of ketones is 1. The van der Waals surface area contributed by atoms with Gasteiger partial charge in [0.2, 0.25) is 5.91 Å². The number of carbonyl (C=O) groups excluding carboxylic acids is 2. The highest BCUT2D eigenvalue weighted by Gasteiger charge is 2.33. The number of aromatic nitrogens is 1. The van der Waals surface area contributed by atoms with Gasteiger partial charge in [0.25, 0.3) is 0 Å². The Bertz CT molecular complexity index is 941. The van der Waals surface area contributed by atoms with Gasteiger partial charge in [-0.2, -0.15) is 0 Å². The van der Waals surface area contributed by atoms with Crippen molar-refractivity contribution in [2.75, 3.05) is 19.6 Å². The molecular formula is C24H30FN3O2S. The third-order valence-corrected chi connectivity index (χ3v) is 7.34. The molecule has 0 spiro atoms. The van der Waals surface area contributed by atoms with Gasteiger partial charge in [-0.3, -0.25) is 14.5 Å². The second-order valence-electron chi connectivity index (χ2n) is 8.92. The number of Topliss-reactive ketones (excluding diaryl/α,β-unsaturated/α-hetero) is 1. The fourth-order valence-corrected chi connectivity index (χ4v) is 5.47. The third kappa shape index (κ3) is 5.04. The number of nitrogens with zero attached hydrogens (tertiary/aromatic N) is 3. The number of thiazole rings is 1. The second-order valence-corrected chi connectivity index (χ2v) is 9.64. The number of amides is 1. The van der Waals surface area contributed by atoms with E-state index in [9.17, 15) is 14.0 Å². The molecular weight excluding hydrogens is 413 g/mol. The number of piperazine rings is 1. The number of hydrogen-bond donors (Lipinski definition) is 0. The Kier molecular flexibility index (Phi) is 6.82. The minimum absolute atomic E-state index is 0.0893. The fraction of sp³-hybridized carbons (Fsp3) is 0.542. The van der Waals surface area contributed by atoms with E-state index in [-0.39, 0.29) is 30.0 Å². The molecule has 0 N–H and O–H groups in total. The number of carbonyl (C=O) groups is 2. The van der Waals surface area contributed by atoms with Crippen LogP contribution in [0.5, 0.6) is 0 Å². The minimum atomic E-state index is -0.315. The summed E-state index contributed by atoms with van der Waals surface area (Å²) in [5.41, 5.74) is 4.66. The van der Waals surface area contributed by atoms with Crippen molar-refractivity contribution < 1.29 is 14.0 Å². The van der Waals surface area contributed by atoms with Crippen molar-refractivity contribution in [3.8, 4) is 0 Å². The average Bonchev–Trinajstić information content (AvgIpc) is 3.45. The van der Waals surface area contributed by atoms with Gasteiger partial charge in [-0.05, 0) is 55.5 Å². The van der Waals surface area contributed by atoms with Crippen LogP contribution in [0.25, 0.3) is 0 Å². The summed E-state index contributed by atoms with van der Waals surface area (Å²) in [6.45, 7) is 6.97. The average molecular weight is 444 g/mol. The summed E-state index contributed by atoms with van der Waals surface area (Å²) in [6, 6.07) is 3.19. The van der Waals surface area contributed by atoms with Gasteiger partial charge in [0.15, 0.2) is 5.78 Å². The molecule has 1 aromatic heterocycles. The molecule has 2 heterocycles. The zero-order chi connectivity index (χ0) is 22.0. The Morgan fingerprint density at radius 2 is 1.94 bits per heavy atom. The summed E-state index contributed by atoms with van der Waals surface area (Å²) in [5, 5.41) is 1.73. The Balaban J connectivity index is 1.42. The van der Waals surface area contributed by atoms with E-state index in [1.165, 1.54) is 17.4 Å². The van der Waals surface area contributed by atoms with Crippen LogP contribution in [-0.2, 0) is 17.8 Å². The number of benzene rings is 1. The summed E-state index contributed by atoms with van der Waals surface area (Å²) in [5.74, 6) is 0.116. The molecule has 1 saturated heterocycles. The lowest BCUT2D eigenvalue weighted by molar-refractivity contribution is -0.140. The molecule has 4 rings (SSSR count). The zero-order valence-corrected chi connectivity index (χ0v) is 19.1. The zero-order valence-electron chi connectivity index (χ0n) is 18.3. The summed E-state index contributed by atoms with van der Waals surface area (Å²) < 4.78 is 14.4. The Hall–Kier alpha value is -2.12. The van der Waals surface area contributed by atoms with Gasteiger partial charge in [0.05, 0.1) is 5.51 Å². The molecule has 166 valence electrons. The molecule has 31 heavy (non-hydrogen) atoms. The maximum absolute atomic E-state index is 14.4. The lowest BCUT2D eigenvalue weighted by atomic mass is 9.96. The van der Waals surface area contributed by atoms with Crippen LogP contribution in [0.15, 0.2) is 23.0 Å². The maximum atomic E-state index is 14.4. The third-order valence-electron chi connectivity index (χ3n) is 6.75. The molecule has 1 aliphatic heterocycles. The maximum Gasteiger partial charge on any atom is 0.226 e. The van der Waals surface area contributed by atoms with Crippen LogP contribution >= 0.6 is 11.3 Å². The van der Waals surface area contributed by atoms with E-state index in [2.05, 4.69) is 16.8 Å². The first-order valence-corrected chi connectivity index (χ1v) is 12.1. The molecule has 0 unspecified atom stereocenters. The quantitative estimate of drug-likeness (QED) is 0.627. The molecule has 2 aliphatic rings. The van der Waals surface area contributed by atoms with Crippen molar-refractivity contribution in [3.05, 3.63) is 51.2 Å². The SMILES string of the molecule is Cc1c(CC(=O)c2cscn2)cc(F)cc1CN1CCN(C(=O)C2CCCC2)[C@@H](C)C1. The van der Waals surface area contributed by atoms with Crippen LogP contribution in [0.4, 0.5) is 4.39 Å². The molecule has 7 heteroatoms. The molecule has 0 bridgehead atoms. The summed E-state index contributed by atoms with van der Waals surface area (Å²) in [6.07, 6.45) is 4.53. The van der Waals surface area contributed by atoms with Crippen molar-refractivity contribution in [1.82, 2.24) is 14.8 Å². The first kappa shape index (κ1) is 22.1. The van der Waals surface area contributed by atoms with Crippen LogP contribution in [0, 0.1) is 18.7 Å². The van der Waals surface area contributed by atoms with E-state index in [4.69, 9.17) is 0 Å². The normalized spacial score (nSPS) is 20.4. The predicted molar refractivity (Wildman–Crippen MR) is 120 cm³/mol. The Labute approximate surface area is 187 Å². The predicted octanol–water partition coefficient (Wildman–Crippen LogP) is 4.24. The second kappa shape index (κ2) is 9.57. The number of halogens is 1. The fourth-order valence-electron chi connectivity index (χ4n) is 4.91. The Morgan fingerprint density at radius 3 is 2.61 bits per heavy atom. The molecule has 1 saturated carbocycles. The molecule has 1 atom stereocenters. The van der Waals surface area contributed by atoms with Crippen molar-refractivity contribution >= 4 is 23.0 Å². The van der Waals surface area contributed by atoms with Crippen molar-refractivity contribution in [3.63, 3.8) is 0 Å². The van der Waals surface area contributed by atoms with Crippen LogP contribution < -0.4 is 0 Å². The van der Waals surface area contributed by atoms with Gasteiger partial charge >= 0.3 is 0 Å². The monoisotopic (exact) mass is 443 g/mol. The van der Waals surface area contributed by atoms with Crippen molar-refractivity contribution in [2.45, 2.75) is 58.5 Å². The number of hydrogen-bond acceptors (Lipinski definition) is 5. The minimum Gasteiger partial charge on any atom is -0.337 e. The summed E-state index contributed by atoms with van der Waals surface area (Å²) in [4.78, 5) is 33.7. The van der Waals surface area contributed by atoms with E-state index in [1.807, 2.05) is 11.8 Å². The van der Waals surface area contributed by atoms with Gasteiger partial charge in [-0.15, -0.1) is 11.3 Å². The molecule has 1 aromatic carbocycles. The van der Waals surface area contributed by atoms with Crippen LogP contribution in [-0.4, -0.2) is 52.2 Å². The molecule has 1 aliphatic carbocycles. The van der Waals surface area contributed by atoms with Crippen LogP contribution in [0.2, 0.25) is 0 Å². The summed E-state index contributed by atoms with van der Waals surface area (Å²) in [7, 11) is 0. The first-order chi connectivity index (χ1) is 14.9. The number of rotatable bonds is 6. The van der Waals surface area contributed by atoms with E-state index < -0.39 is 0 Å². The highest BCUT2D eigenvalue weighted by molar-refractivity contribution is 7.07. The van der Waals surface area contributed by atoms with Gasteiger partial charge < -0.3 is 4.90 Å². The molecule has 2 aromatic rings. The summed E-state index contributed by atoms with van der Waals surface area (Å²) >= 11 is 1.38. The van der Waals surface area contributed by atoms with E-state index in [0.717, 1.165) is 62.0 Å². The highest BCUT2D eigenvalue weighted by Crippen LogP contribution is 2.28. The van der Waals surface area contributed by atoms with E-state index in [0.29, 0.717) is 18.1 Å². The van der Waals surface area contributed by atoms with Gasteiger partial charge in [-0.25, -0.2) is 9.37 Å². The molecule has 0 radical (unpaired) electrons. The topological polar surface area (TPSA) is 53.5 Å². The Morgan fingerprint density at radius 1 is 1.19 bits per heavy atom. The van der Waals surface area contributed by atoms with Gasteiger partial charge in [0, 0.05) is 49.9 Å². The van der Waals surface area contributed by atoms with Crippen molar-refractivity contribution in [2.24, 2.45) is 5.92 Å². The van der Waals surface area contributed by atoms with Crippen molar-refractivity contribution in [1.29, 1.82) is 0 Å². The lowest BCUT2D eigenvalue weighted by Gasteiger charge is -2.41. The van der Waals surface area contributed by atoms with Gasteiger partial charge in [0.1, 0.15) is 11.5 Å². The van der Waals surface area contributed by atoms with Gasteiger partial charge in [-0.1, -0.05) is 12.8 Å². The smallest absolute Gasteiger partial charge is 0.226 e. The van der Waals surface area contributed by atoms with Crippen LogP contribution in [0.3, 0.4) is 0 Å². The van der Waals surface area contributed by atoms with E-state index in [1.54, 1.807) is 17.0 Å². The van der Waals surface area contributed by atoms with Crippen LogP contribution in [0.1, 0.15) is 59.8 Å². The van der Waals surface area contributed by atoms with E-state index >= 15 is 0 Å². The molecule has 5 nitrogen and oxygen atoms in total. The first-order valence-electron chi connectivity index (χ1n) is 11.1. The standard InChI is InChI=1S/C24H30FN3O2S/c1-16-12-27(7-8-28(16)24(30)18-5-3-4-6-18)13-20-10-21(25)9-19(17(20)2)11-23(29)22-14-31-15-26-22/h9-10,14-16,18H,3-8,11-13H2,1-2H3/t16-/m0/s1. The highest BCUT2D eigenvalue weighted by atomic mass is 32.1. The largest absolute Gasteiger partial charge is 0.337 e.